The molecule has 3 N–H and O–H groups in total. The molecule has 4 heterocycles. The standard InChI is InChI=1S/C19H13BrF2N6O5S/c20-9-7-27(26-18(9)28(31)32)4-3-12(29)25-14-13-8(11-2-1-5-33-11)6-10(16(21)22)24-19(13)34-15(14)17(23)30/h1-2,5-7,16H,3-4H2,(H2,23,30)(H,25,29). The second kappa shape index (κ2) is 9.26. The van der Waals surface area contributed by atoms with Crippen molar-refractivity contribution in [3.63, 3.8) is 0 Å². The average molecular weight is 555 g/mol. The van der Waals surface area contributed by atoms with Crippen LogP contribution in [-0.4, -0.2) is 31.5 Å². The highest BCUT2D eigenvalue weighted by atomic mass is 79.9. The maximum atomic E-state index is 13.4. The number of aromatic nitrogens is 3. The third kappa shape index (κ3) is 4.51. The first-order valence-corrected chi connectivity index (χ1v) is 11.0. The van der Waals surface area contributed by atoms with Crippen LogP contribution < -0.4 is 11.1 Å². The highest BCUT2D eigenvalue weighted by Crippen LogP contribution is 2.42. The molecule has 4 aromatic rings. The summed E-state index contributed by atoms with van der Waals surface area (Å²) in [5.41, 5.74) is 5.17. The number of anilines is 1. The van der Waals surface area contributed by atoms with Crippen LogP contribution in [0.1, 0.15) is 28.2 Å². The van der Waals surface area contributed by atoms with Crippen molar-refractivity contribution in [2.45, 2.75) is 19.4 Å². The SMILES string of the molecule is NC(=O)c1sc2nc(C(F)F)cc(-c3ccco3)c2c1NC(=O)CCn1cc(Br)c([N+](=O)[O-])n1. The number of thiophene rings is 1. The van der Waals surface area contributed by atoms with E-state index in [-0.39, 0.29) is 49.5 Å². The molecule has 0 radical (unpaired) electrons. The molecule has 0 aliphatic heterocycles. The Morgan fingerprint density at radius 1 is 1.41 bits per heavy atom. The Labute approximate surface area is 200 Å². The number of furan rings is 1. The van der Waals surface area contributed by atoms with Gasteiger partial charge in [0.05, 0.1) is 29.8 Å². The van der Waals surface area contributed by atoms with Crippen molar-refractivity contribution in [3.8, 4) is 11.3 Å². The molecule has 0 saturated heterocycles. The lowest BCUT2D eigenvalue weighted by Crippen LogP contribution is -2.18. The number of nitrogens with zero attached hydrogens (tertiary/aromatic N) is 4. The van der Waals surface area contributed by atoms with Gasteiger partial charge >= 0.3 is 5.82 Å². The summed E-state index contributed by atoms with van der Waals surface area (Å²) >= 11 is 3.79. The fraction of sp³-hybridized carbons (Fsp3) is 0.158. The van der Waals surface area contributed by atoms with Crippen LogP contribution in [0.4, 0.5) is 20.3 Å². The minimum Gasteiger partial charge on any atom is -0.464 e. The van der Waals surface area contributed by atoms with Crippen LogP contribution in [0.2, 0.25) is 0 Å². The monoisotopic (exact) mass is 554 g/mol. The van der Waals surface area contributed by atoms with E-state index in [1.54, 1.807) is 12.1 Å². The summed E-state index contributed by atoms with van der Waals surface area (Å²) in [6.45, 7) is -0.00886. The van der Waals surface area contributed by atoms with Gasteiger partial charge in [-0.3, -0.25) is 9.59 Å². The van der Waals surface area contributed by atoms with E-state index in [1.807, 2.05) is 0 Å². The summed E-state index contributed by atoms with van der Waals surface area (Å²) in [4.78, 5) is 38.9. The first kappa shape index (κ1) is 23.4. The Hall–Kier alpha value is -3.72. The minimum atomic E-state index is -2.88. The molecule has 0 bridgehead atoms. The van der Waals surface area contributed by atoms with Crippen LogP contribution >= 0.6 is 27.3 Å². The molecule has 4 rings (SSSR count). The van der Waals surface area contributed by atoms with E-state index >= 15 is 0 Å². The van der Waals surface area contributed by atoms with Crippen LogP contribution in [0.5, 0.6) is 0 Å². The smallest absolute Gasteiger partial charge is 0.404 e. The number of halogens is 3. The number of hydrogen-bond acceptors (Lipinski definition) is 8. The number of carbonyl (C=O) groups is 2. The van der Waals surface area contributed by atoms with Crippen LogP contribution in [0.3, 0.4) is 0 Å². The number of alkyl halides is 2. The summed E-state index contributed by atoms with van der Waals surface area (Å²) in [5, 5.41) is 17.5. The molecule has 0 aromatic carbocycles. The van der Waals surface area contributed by atoms with Gasteiger partial charge in [0, 0.05) is 17.4 Å². The van der Waals surface area contributed by atoms with Gasteiger partial charge in [-0.1, -0.05) is 0 Å². The molecule has 2 amide bonds. The zero-order chi connectivity index (χ0) is 24.6. The summed E-state index contributed by atoms with van der Waals surface area (Å²) in [6, 6.07) is 4.23. The molecule has 0 aliphatic rings. The number of primary amides is 1. The zero-order valence-corrected chi connectivity index (χ0v) is 19.2. The van der Waals surface area contributed by atoms with E-state index in [1.165, 1.54) is 17.1 Å². The van der Waals surface area contributed by atoms with E-state index in [0.29, 0.717) is 0 Å². The van der Waals surface area contributed by atoms with Gasteiger partial charge in [-0.2, -0.15) is 4.68 Å². The molecule has 0 spiro atoms. The topological polar surface area (TPSA) is 159 Å². The van der Waals surface area contributed by atoms with Crippen LogP contribution in [0.15, 0.2) is 39.5 Å². The van der Waals surface area contributed by atoms with Crippen molar-refractivity contribution in [2.75, 3.05) is 5.32 Å². The van der Waals surface area contributed by atoms with Gasteiger partial charge < -0.3 is 25.6 Å². The van der Waals surface area contributed by atoms with E-state index in [9.17, 15) is 28.5 Å². The summed E-state index contributed by atoms with van der Waals surface area (Å²) < 4.78 is 33.6. The fourth-order valence-electron chi connectivity index (χ4n) is 3.19. The predicted octanol–water partition coefficient (Wildman–Crippen LogP) is 4.49. The van der Waals surface area contributed by atoms with Gasteiger partial charge in [0.25, 0.3) is 12.3 Å². The van der Waals surface area contributed by atoms with E-state index in [2.05, 4.69) is 31.3 Å². The van der Waals surface area contributed by atoms with Crippen molar-refractivity contribution >= 4 is 60.8 Å². The van der Waals surface area contributed by atoms with Crippen molar-refractivity contribution in [2.24, 2.45) is 5.73 Å². The van der Waals surface area contributed by atoms with Crippen LogP contribution in [0.25, 0.3) is 21.5 Å². The Balaban J connectivity index is 1.70. The number of nitrogens with two attached hydrogens (primary N) is 1. The van der Waals surface area contributed by atoms with Crippen molar-refractivity contribution in [1.29, 1.82) is 0 Å². The van der Waals surface area contributed by atoms with E-state index in [0.717, 1.165) is 17.4 Å². The molecule has 0 aliphatic carbocycles. The molecule has 0 atom stereocenters. The summed E-state index contributed by atoms with van der Waals surface area (Å²) in [7, 11) is 0. The molecule has 34 heavy (non-hydrogen) atoms. The number of aryl methyl sites for hydroxylation is 1. The first-order chi connectivity index (χ1) is 16.2. The minimum absolute atomic E-state index is 0.00886. The zero-order valence-electron chi connectivity index (χ0n) is 16.8. The van der Waals surface area contributed by atoms with Gasteiger partial charge in [-0.15, -0.1) is 11.3 Å². The quantitative estimate of drug-likeness (QED) is 0.239. The lowest BCUT2D eigenvalue weighted by Gasteiger charge is -2.09. The van der Waals surface area contributed by atoms with Gasteiger partial charge in [-0.25, -0.2) is 13.8 Å². The summed E-state index contributed by atoms with van der Waals surface area (Å²) in [5.74, 6) is -1.62. The van der Waals surface area contributed by atoms with E-state index < -0.39 is 34.7 Å². The van der Waals surface area contributed by atoms with Gasteiger partial charge in [-0.05, 0) is 39.1 Å². The second-order valence-electron chi connectivity index (χ2n) is 6.84. The number of nitro groups is 1. The van der Waals surface area contributed by atoms with Gasteiger partial charge in [0.1, 0.15) is 25.6 Å². The number of rotatable bonds is 8. The average Bonchev–Trinajstić information content (AvgIpc) is 3.50. The Bertz CT molecular complexity index is 1420. The second-order valence-corrected chi connectivity index (χ2v) is 8.70. The molecular formula is C19H13BrF2N6O5S. The molecule has 0 unspecified atom stereocenters. The maximum Gasteiger partial charge on any atom is 0.404 e. The highest BCUT2D eigenvalue weighted by molar-refractivity contribution is 9.10. The van der Waals surface area contributed by atoms with E-state index in [4.69, 9.17) is 10.2 Å². The number of hydrogen-bond donors (Lipinski definition) is 2. The number of carbonyl (C=O) groups excluding carboxylic acids is 2. The van der Waals surface area contributed by atoms with Crippen LogP contribution in [-0.2, 0) is 11.3 Å². The molecule has 11 nitrogen and oxygen atoms in total. The molecule has 15 heteroatoms. The van der Waals surface area contributed by atoms with Crippen molar-refractivity contribution in [3.05, 3.63) is 55.8 Å². The third-order valence-electron chi connectivity index (χ3n) is 4.62. The molecular weight excluding hydrogens is 542 g/mol. The Kier molecular flexibility index (Phi) is 6.39. The number of pyridine rings is 1. The van der Waals surface area contributed by atoms with Crippen molar-refractivity contribution in [1.82, 2.24) is 14.8 Å². The molecule has 0 saturated carbocycles. The highest BCUT2D eigenvalue weighted by Gasteiger charge is 2.26. The normalized spacial score (nSPS) is 11.3. The Morgan fingerprint density at radius 3 is 2.76 bits per heavy atom. The molecule has 4 aromatic heterocycles. The summed E-state index contributed by atoms with van der Waals surface area (Å²) in [6.07, 6.45) is -0.345. The number of amides is 2. The maximum absolute atomic E-state index is 13.4. The molecule has 176 valence electrons. The fourth-order valence-corrected chi connectivity index (χ4v) is 4.67. The number of nitrogens with one attached hydrogen (secondary N) is 1. The number of fused-ring (bicyclic) bond motifs is 1. The largest absolute Gasteiger partial charge is 0.464 e. The molecule has 0 fully saturated rings. The lowest BCUT2D eigenvalue weighted by molar-refractivity contribution is -0.390. The Morgan fingerprint density at radius 2 is 2.18 bits per heavy atom. The van der Waals surface area contributed by atoms with Crippen molar-refractivity contribution < 1.29 is 27.7 Å². The van der Waals surface area contributed by atoms with Crippen LogP contribution in [0, 0.1) is 10.1 Å². The third-order valence-corrected chi connectivity index (χ3v) is 6.28. The predicted molar refractivity (Wildman–Crippen MR) is 121 cm³/mol. The lowest BCUT2D eigenvalue weighted by atomic mass is 10.1. The first-order valence-electron chi connectivity index (χ1n) is 9.42. The van der Waals surface area contributed by atoms with Gasteiger partial charge in [0.2, 0.25) is 5.91 Å². The van der Waals surface area contributed by atoms with Gasteiger partial charge in [0.15, 0.2) is 0 Å².